The van der Waals surface area contributed by atoms with Crippen LogP contribution in [0.4, 0.5) is 0 Å². The SMILES string of the molecule is CC=C1C=CCC(C(=O)CCCCc2ccccc2CC(C)CNC(=O)C(C)CCCCCC)=C1CC. The van der Waals surface area contributed by atoms with Gasteiger partial charge >= 0.3 is 0 Å². The van der Waals surface area contributed by atoms with Crippen LogP contribution >= 0.6 is 0 Å². The van der Waals surface area contributed by atoms with Crippen LogP contribution in [0.3, 0.4) is 0 Å². The standard InChI is InChI=1S/C34H51NO2/c1-6-9-10-11-17-27(5)34(37)35-25-26(4)24-30-20-13-12-18-29(30)19-14-15-23-33(36)32-22-16-21-28(7-2)31(32)8-3/h7,12-13,16,18,20-21,26-27H,6,8-11,14-15,17,19,22-25H2,1-5H3,(H,35,37). The van der Waals surface area contributed by atoms with E-state index in [1.165, 1.54) is 41.5 Å². The maximum atomic E-state index is 13.0. The summed E-state index contributed by atoms with van der Waals surface area (Å²) in [4.78, 5) is 25.5. The number of Topliss-reactive ketones (excluding diaryl/α,β-unsaturated/α-hetero) is 1. The lowest BCUT2D eigenvalue weighted by atomic mass is 9.87. The van der Waals surface area contributed by atoms with Crippen molar-refractivity contribution in [3.8, 4) is 0 Å². The highest BCUT2D eigenvalue weighted by atomic mass is 16.1. The van der Waals surface area contributed by atoms with E-state index >= 15 is 0 Å². The van der Waals surface area contributed by atoms with Crippen molar-refractivity contribution >= 4 is 11.7 Å². The van der Waals surface area contributed by atoms with Crippen LogP contribution in [0, 0.1) is 11.8 Å². The van der Waals surface area contributed by atoms with E-state index in [1.54, 1.807) is 0 Å². The molecule has 1 aromatic carbocycles. The summed E-state index contributed by atoms with van der Waals surface area (Å²) in [6, 6.07) is 8.67. The minimum absolute atomic E-state index is 0.0948. The van der Waals surface area contributed by atoms with Crippen molar-refractivity contribution < 1.29 is 9.59 Å². The molecule has 1 aliphatic rings. The Morgan fingerprint density at radius 1 is 1.00 bits per heavy atom. The van der Waals surface area contributed by atoms with Crippen LogP contribution in [0.1, 0.15) is 110 Å². The van der Waals surface area contributed by atoms with E-state index in [0.717, 1.165) is 63.5 Å². The number of ketones is 1. The van der Waals surface area contributed by atoms with Gasteiger partial charge in [0.25, 0.3) is 0 Å². The molecule has 0 fully saturated rings. The highest BCUT2D eigenvalue weighted by Crippen LogP contribution is 2.29. The zero-order valence-corrected chi connectivity index (χ0v) is 24.2. The molecule has 2 atom stereocenters. The van der Waals surface area contributed by atoms with Crippen LogP contribution in [-0.4, -0.2) is 18.2 Å². The third-order valence-corrected chi connectivity index (χ3v) is 7.68. The summed E-state index contributed by atoms with van der Waals surface area (Å²) < 4.78 is 0. The number of nitrogens with one attached hydrogen (secondary N) is 1. The maximum absolute atomic E-state index is 13.0. The second-order valence-corrected chi connectivity index (χ2v) is 10.9. The number of allylic oxidation sites excluding steroid dienone is 6. The molecule has 2 rings (SSSR count). The highest BCUT2D eigenvalue weighted by molar-refractivity contribution is 5.97. The first-order chi connectivity index (χ1) is 17.9. The van der Waals surface area contributed by atoms with Gasteiger partial charge in [-0.15, -0.1) is 0 Å². The molecule has 37 heavy (non-hydrogen) atoms. The van der Waals surface area contributed by atoms with Crippen molar-refractivity contribution in [3.63, 3.8) is 0 Å². The summed E-state index contributed by atoms with van der Waals surface area (Å²) in [5.41, 5.74) is 6.20. The minimum atomic E-state index is 0.0948. The molecule has 1 N–H and O–H groups in total. The van der Waals surface area contributed by atoms with Crippen molar-refractivity contribution in [2.75, 3.05) is 6.54 Å². The van der Waals surface area contributed by atoms with Crippen molar-refractivity contribution in [1.82, 2.24) is 5.32 Å². The van der Waals surface area contributed by atoms with Gasteiger partial charge in [-0.05, 0) is 80.1 Å². The van der Waals surface area contributed by atoms with Gasteiger partial charge in [0.15, 0.2) is 5.78 Å². The molecule has 1 amide bonds. The average Bonchev–Trinajstić information content (AvgIpc) is 2.92. The molecule has 0 radical (unpaired) electrons. The van der Waals surface area contributed by atoms with Crippen molar-refractivity contribution in [2.45, 2.75) is 112 Å². The monoisotopic (exact) mass is 505 g/mol. The van der Waals surface area contributed by atoms with Gasteiger partial charge in [-0.2, -0.15) is 0 Å². The molecule has 3 heteroatoms. The molecule has 204 valence electrons. The first-order valence-electron chi connectivity index (χ1n) is 14.8. The van der Waals surface area contributed by atoms with Crippen LogP contribution in [0.15, 0.2) is 59.2 Å². The molecule has 0 saturated carbocycles. The molecule has 0 spiro atoms. The van der Waals surface area contributed by atoms with Crippen LogP contribution in [-0.2, 0) is 22.4 Å². The Labute approximate surface area is 226 Å². The lowest BCUT2D eigenvalue weighted by Gasteiger charge is -2.18. The van der Waals surface area contributed by atoms with E-state index < -0.39 is 0 Å². The molecule has 0 saturated heterocycles. The molecular weight excluding hydrogens is 454 g/mol. The van der Waals surface area contributed by atoms with Gasteiger partial charge in [0, 0.05) is 24.5 Å². The van der Waals surface area contributed by atoms with Gasteiger partial charge in [-0.3, -0.25) is 9.59 Å². The number of unbranched alkanes of at least 4 members (excludes halogenated alkanes) is 4. The lowest BCUT2D eigenvalue weighted by Crippen LogP contribution is -2.33. The van der Waals surface area contributed by atoms with Gasteiger partial charge < -0.3 is 5.32 Å². The van der Waals surface area contributed by atoms with Crippen LogP contribution in [0.25, 0.3) is 0 Å². The summed E-state index contributed by atoms with van der Waals surface area (Å²) >= 11 is 0. The first-order valence-corrected chi connectivity index (χ1v) is 14.8. The fourth-order valence-electron chi connectivity index (χ4n) is 5.33. The lowest BCUT2D eigenvalue weighted by molar-refractivity contribution is -0.124. The van der Waals surface area contributed by atoms with Crippen LogP contribution in [0.2, 0.25) is 0 Å². The third-order valence-electron chi connectivity index (χ3n) is 7.68. The molecular formula is C34H51NO2. The summed E-state index contributed by atoms with van der Waals surface area (Å²) in [5, 5.41) is 3.18. The van der Waals surface area contributed by atoms with E-state index in [0.29, 0.717) is 18.1 Å². The van der Waals surface area contributed by atoms with Crippen LogP contribution < -0.4 is 5.32 Å². The Hall–Kier alpha value is -2.42. The third kappa shape index (κ3) is 10.5. The van der Waals surface area contributed by atoms with E-state index in [9.17, 15) is 9.59 Å². The summed E-state index contributed by atoms with van der Waals surface area (Å²) in [6.07, 6.45) is 18.4. The quantitative estimate of drug-likeness (QED) is 0.216. The van der Waals surface area contributed by atoms with Gasteiger partial charge in [-0.25, -0.2) is 0 Å². The molecule has 1 aromatic rings. The number of carbonyl (C=O) groups excluding carboxylic acids is 2. The Morgan fingerprint density at radius 2 is 1.76 bits per heavy atom. The molecule has 2 unspecified atom stereocenters. The van der Waals surface area contributed by atoms with Crippen molar-refractivity contribution in [2.24, 2.45) is 11.8 Å². The van der Waals surface area contributed by atoms with Gasteiger partial charge in [0.1, 0.15) is 0 Å². The van der Waals surface area contributed by atoms with Crippen molar-refractivity contribution in [1.29, 1.82) is 0 Å². The Bertz CT molecular complexity index is 952. The zero-order chi connectivity index (χ0) is 27.0. The molecule has 0 aromatic heterocycles. The summed E-state index contributed by atoms with van der Waals surface area (Å²) in [5.74, 6) is 0.992. The Balaban J connectivity index is 1.79. The molecule has 0 heterocycles. The topological polar surface area (TPSA) is 46.2 Å². The second-order valence-electron chi connectivity index (χ2n) is 10.9. The molecule has 0 bridgehead atoms. The van der Waals surface area contributed by atoms with Crippen molar-refractivity contribution in [3.05, 3.63) is 70.3 Å². The second kappa shape index (κ2) is 17.2. The predicted molar refractivity (Wildman–Crippen MR) is 158 cm³/mol. The number of benzene rings is 1. The molecule has 1 aliphatic carbocycles. The summed E-state index contributed by atoms with van der Waals surface area (Å²) in [7, 11) is 0. The average molecular weight is 506 g/mol. The smallest absolute Gasteiger partial charge is 0.222 e. The van der Waals surface area contributed by atoms with E-state index in [4.69, 9.17) is 0 Å². The molecule has 0 aliphatic heterocycles. The Morgan fingerprint density at radius 3 is 2.46 bits per heavy atom. The Kier molecular flexibility index (Phi) is 14.3. The largest absolute Gasteiger partial charge is 0.356 e. The zero-order valence-electron chi connectivity index (χ0n) is 24.2. The summed E-state index contributed by atoms with van der Waals surface area (Å²) in [6.45, 7) is 11.4. The van der Waals surface area contributed by atoms with Crippen LogP contribution in [0.5, 0.6) is 0 Å². The van der Waals surface area contributed by atoms with E-state index in [-0.39, 0.29) is 11.8 Å². The number of amides is 1. The van der Waals surface area contributed by atoms with Gasteiger partial charge in [0.2, 0.25) is 5.91 Å². The fraction of sp³-hybridized carbons (Fsp3) is 0.588. The minimum Gasteiger partial charge on any atom is -0.356 e. The highest BCUT2D eigenvalue weighted by Gasteiger charge is 2.18. The number of hydrogen-bond acceptors (Lipinski definition) is 2. The number of aryl methyl sites for hydroxylation is 1. The maximum Gasteiger partial charge on any atom is 0.222 e. The molecule has 3 nitrogen and oxygen atoms in total. The normalized spacial score (nSPS) is 16.2. The number of carbonyl (C=O) groups is 2. The van der Waals surface area contributed by atoms with E-state index in [2.05, 4.69) is 75.5 Å². The van der Waals surface area contributed by atoms with Gasteiger partial charge in [-0.1, -0.05) is 95.9 Å². The van der Waals surface area contributed by atoms with E-state index in [1.807, 2.05) is 6.92 Å². The number of rotatable bonds is 17. The van der Waals surface area contributed by atoms with Gasteiger partial charge in [0.05, 0.1) is 0 Å². The predicted octanol–water partition coefficient (Wildman–Crippen LogP) is 8.48. The fourth-order valence-corrected chi connectivity index (χ4v) is 5.33. The first kappa shape index (κ1) is 30.8. The number of hydrogen-bond donors (Lipinski definition) is 1.